The van der Waals surface area contributed by atoms with Crippen LogP contribution in [-0.4, -0.2) is 35.7 Å². The first kappa shape index (κ1) is 18.1. The van der Waals surface area contributed by atoms with Gasteiger partial charge in [0.25, 0.3) is 0 Å². The number of amides is 1. The highest BCUT2D eigenvalue weighted by atomic mass is 35.5. The van der Waals surface area contributed by atoms with E-state index >= 15 is 0 Å². The third-order valence-corrected chi connectivity index (χ3v) is 4.01. The molecule has 23 heavy (non-hydrogen) atoms. The molecule has 0 atom stereocenters. The fourth-order valence-corrected chi connectivity index (χ4v) is 2.57. The van der Waals surface area contributed by atoms with Gasteiger partial charge in [-0.3, -0.25) is 0 Å². The molecule has 1 aliphatic carbocycles. The highest BCUT2D eigenvalue weighted by Crippen LogP contribution is 2.28. The van der Waals surface area contributed by atoms with Gasteiger partial charge < -0.3 is 15.0 Å². The standard InChI is InChI=1S/C18H27ClN2O2/c1-18(2,3)23-17(22)21(15-9-10-15)12-6-11-20-13-14-7-4-5-8-16(14)19/h4-5,7-8,15,20H,6,9-13H2,1-3H3. The number of rotatable bonds is 7. The monoisotopic (exact) mass is 338 g/mol. The first-order valence-electron chi connectivity index (χ1n) is 8.30. The molecule has 0 heterocycles. The molecule has 1 N–H and O–H groups in total. The molecule has 0 aliphatic heterocycles. The maximum Gasteiger partial charge on any atom is 0.410 e. The van der Waals surface area contributed by atoms with E-state index in [9.17, 15) is 4.79 Å². The second-order valence-corrected chi connectivity index (χ2v) is 7.43. The van der Waals surface area contributed by atoms with Crippen LogP contribution in [0.25, 0.3) is 0 Å². The minimum Gasteiger partial charge on any atom is -0.444 e. The number of carbonyl (C=O) groups excluding carboxylic acids is 1. The van der Waals surface area contributed by atoms with Gasteiger partial charge >= 0.3 is 6.09 Å². The number of hydrogen-bond donors (Lipinski definition) is 1. The zero-order valence-corrected chi connectivity index (χ0v) is 15.0. The van der Waals surface area contributed by atoms with Crippen molar-refractivity contribution < 1.29 is 9.53 Å². The Balaban J connectivity index is 1.71. The third kappa shape index (κ3) is 6.40. The number of hydrogen-bond acceptors (Lipinski definition) is 3. The smallest absolute Gasteiger partial charge is 0.410 e. The van der Waals surface area contributed by atoms with Crippen molar-refractivity contribution in [1.29, 1.82) is 0 Å². The topological polar surface area (TPSA) is 41.6 Å². The number of halogens is 1. The summed E-state index contributed by atoms with van der Waals surface area (Å²) in [5, 5.41) is 4.17. The third-order valence-electron chi connectivity index (χ3n) is 3.64. The normalized spacial score (nSPS) is 14.6. The van der Waals surface area contributed by atoms with Gasteiger partial charge in [-0.15, -0.1) is 0 Å². The summed E-state index contributed by atoms with van der Waals surface area (Å²) in [6, 6.07) is 8.21. The van der Waals surface area contributed by atoms with Crippen molar-refractivity contribution in [2.24, 2.45) is 0 Å². The predicted octanol–water partition coefficient (Wildman–Crippen LogP) is 4.22. The van der Waals surface area contributed by atoms with E-state index in [4.69, 9.17) is 16.3 Å². The summed E-state index contributed by atoms with van der Waals surface area (Å²) < 4.78 is 5.49. The first-order chi connectivity index (χ1) is 10.9. The summed E-state index contributed by atoms with van der Waals surface area (Å²) >= 11 is 6.13. The molecule has 0 unspecified atom stereocenters. The van der Waals surface area contributed by atoms with Crippen LogP contribution in [0.3, 0.4) is 0 Å². The summed E-state index contributed by atoms with van der Waals surface area (Å²) in [5.41, 5.74) is 0.660. The summed E-state index contributed by atoms with van der Waals surface area (Å²) in [7, 11) is 0. The molecule has 0 aromatic heterocycles. The second kappa shape index (κ2) is 8.02. The van der Waals surface area contributed by atoms with Gasteiger partial charge in [0, 0.05) is 24.2 Å². The Bertz CT molecular complexity index is 524. The first-order valence-corrected chi connectivity index (χ1v) is 8.68. The van der Waals surface area contributed by atoms with Gasteiger partial charge in [0.15, 0.2) is 0 Å². The SMILES string of the molecule is CC(C)(C)OC(=O)N(CCCNCc1ccccc1Cl)C1CC1. The van der Waals surface area contributed by atoms with E-state index in [1.54, 1.807) is 0 Å². The van der Waals surface area contributed by atoms with Crippen molar-refractivity contribution in [3.63, 3.8) is 0 Å². The molecule has 1 aliphatic rings. The highest BCUT2D eigenvalue weighted by molar-refractivity contribution is 6.31. The second-order valence-electron chi connectivity index (χ2n) is 7.03. The van der Waals surface area contributed by atoms with E-state index in [-0.39, 0.29) is 6.09 Å². The lowest BCUT2D eigenvalue weighted by Crippen LogP contribution is -2.39. The zero-order chi connectivity index (χ0) is 16.9. The van der Waals surface area contributed by atoms with Crippen molar-refractivity contribution in [2.75, 3.05) is 13.1 Å². The van der Waals surface area contributed by atoms with Crippen LogP contribution in [0, 0.1) is 0 Å². The molecule has 1 amide bonds. The summed E-state index contributed by atoms with van der Waals surface area (Å²) in [6.45, 7) is 8.03. The van der Waals surface area contributed by atoms with Crippen LogP contribution < -0.4 is 5.32 Å². The fourth-order valence-electron chi connectivity index (χ4n) is 2.37. The Morgan fingerprint density at radius 2 is 2.04 bits per heavy atom. The number of carbonyl (C=O) groups is 1. The lowest BCUT2D eigenvalue weighted by molar-refractivity contribution is 0.0232. The molecule has 4 nitrogen and oxygen atoms in total. The fraction of sp³-hybridized carbons (Fsp3) is 0.611. The molecular weight excluding hydrogens is 312 g/mol. The van der Waals surface area contributed by atoms with E-state index in [1.807, 2.05) is 49.9 Å². The molecule has 0 bridgehead atoms. The lowest BCUT2D eigenvalue weighted by atomic mass is 10.2. The van der Waals surface area contributed by atoms with Gasteiger partial charge in [0.1, 0.15) is 5.60 Å². The summed E-state index contributed by atoms with van der Waals surface area (Å²) in [5.74, 6) is 0. The number of benzene rings is 1. The Morgan fingerprint density at radius 1 is 1.35 bits per heavy atom. The van der Waals surface area contributed by atoms with Crippen LogP contribution in [0.1, 0.15) is 45.6 Å². The molecule has 128 valence electrons. The molecule has 5 heteroatoms. The van der Waals surface area contributed by atoms with E-state index < -0.39 is 5.60 Å². The van der Waals surface area contributed by atoms with Crippen molar-refractivity contribution in [2.45, 2.75) is 58.2 Å². The minimum atomic E-state index is -0.438. The van der Waals surface area contributed by atoms with E-state index in [1.165, 1.54) is 0 Å². The Hall–Kier alpha value is -1.26. The van der Waals surface area contributed by atoms with Crippen LogP contribution >= 0.6 is 11.6 Å². The van der Waals surface area contributed by atoms with Gasteiger partial charge in [-0.05, 0) is 58.2 Å². The molecule has 0 radical (unpaired) electrons. The number of nitrogens with zero attached hydrogens (tertiary/aromatic N) is 1. The minimum absolute atomic E-state index is 0.189. The molecule has 0 spiro atoms. The van der Waals surface area contributed by atoms with E-state index in [0.717, 1.165) is 49.5 Å². The Morgan fingerprint density at radius 3 is 2.65 bits per heavy atom. The van der Waals surface area contributed by atoms with Crippen LogP contribution in [-0.2, 0) is 11.3 Å². The highest BCUT2D eigenvalue weighted by Gasteiger charge is 2.34. The molecular formula is C18H27ClN2O2. The average molecular weight is 339 g/mol. The molecule has 2 rings (SSSR count). The maximum atomic E-state index is 12.2. The van der Waals surface area contributed by atoms with Gasteiger partial charge in [-0.2, -0.15) is 0 Å². The Kier molecular flexibility index (Phi) is 6.31. The molecule has 1 fully saturated rings. The van der Waals surface area contributed by atoms with Crippen molar-refractivity contribution in [3.8, 4) is 0 Å². The number of ether oxygens (including phenoxy) is 1. The quantitative estimate of drug-likeness (QED) is 0.757. The van der Waals surface area contributed by atoms with Crippen molar-refractivity contribution in [1.82, 2.24) is 10.2 Å². The maximum absolute atomic E-state index is 12.2. The van der Waals surface area contributed by atoms with E-state index in [2.05, 4.69) is 5.32 Å². The lowest BCUT2D eigenvalue weighted by Gasteiger charge is -2.27. The van der Waals surface area contributed by atoms with E-state index in [0.29, 0.717) is 6.04 Å². The molecule has 1 saturated carbocycles. The van der Waals surface area contributed by atoms with Crippen molar-refractivity contribution in [3.05, 3.63) is 34.9 Å². The average Bonchev–Trinajstić information content (AvgIpc) is 3.27. The van der Waals surface area contributed by atoms with Gasteiger partial charge in [-0.25, -0.2) is 4.79 Å². The van der Waals surface area contributed by atoms with Crippen molar-refractivity contribution >= 4 is 17.7 Å². The summed E-state index contributed by atoms with van der Waals surface area (Å²) in [6.07, 6.45) is 2.89. The van der Waals surface area contributed by atoms with Gasteiger partial charge in [0.2, 0.25) is 0 Å². The van der Waals surface area contributed by atoms with Crippen LogP contribution in [0.4, 0.5) is 4.79 Å². The van der Waals surface area contributed by atoms with Gasteiger partial charge in [-0.1, -0.05) is 29.8 Å². The molecule has 1 aromatic rings. The van der Waals surface area contributed by atoms with Crippen LogP contribution in [0.5, 0.6) is 0 Å². The predicted molar refractivity (Wildman–Crippen MR) is 93.7 cm³/mol. The van der Waals surface area contributed by atoms with Crippen LogP contribution in [0.15, 0.2) is 24.3 Å². The van der Waals surface area contributed by atoms with Gasteiger partial charge in [0.05, 0.1) is 0 Å². The summed E-state index contributed by atoms with van der Waals surface area (Å²) in [4.78, 5) is 14.1. The molecule has 1 aromatic carbocycles. The largest absolute Gasteiger partial charge is 0.444 e. The zero-order valence-electron chi connectivity index (χ0n) is 14.3. The molecule has 0 saturated heterocycles. The number of nitrogens with one attached hydrogen (secondary N) is 1. The van der Waals surface area contributed by atoms with Crippen LogP contribution in [0.2, 0.25) is 5.02 Å². The Labute approximate surface area is 144 Å².